The third-order valence-corrected chi connectivity index (χ3v) is 12.1. The van der Waals surface area contributed by atoms with Crippen molar-refractivity contribution in [2.24, 2.45) is 0 Å². The quantitative estimate of drug-likeness (QED) is 0.454. The lowest BCUT2D eigenvalue weighted by Gasteiger charge is -2.60. The van der Waals surface area contributed by atoms with Crippen molar-refractivity contribution in [1.29, 1.82) is 0 Å². The van der Waals surface area contributed by atoms with E-state index in [1.807, 2.05) is 0 Å². The zero-order valence-corrected chi connectivity index (χ0v) is 15.3. The smallest absolute Gasteiger partial charge is 0.0259 e. The molecule has 104 valence electrons. The molecule has 0 spiro atoms. The fraction of sp³-hybridized carbons (Fsp3) is 1.00. The van der Waals surface area contributed by atoms with Gasteiger partial charge in [-0.2, -0.15) is 0 Å². The number of hydrogen-bond donors (Lipinski definition) is 0. The van der Waals surface area contributed by atoms with Crippen LogP contribution in [0.5, 0.6) is 0 Å². The van der Waals surface area contributed by atoms with Crippen LogP contribution in [0.4, 0.5) is 0 Å². The Morgan fingerprint density at radius 2 is 0.471 bits per heavy atom. The number of hydrogen-bond acceptors (Lipinski definition) is 0. The normalized spacial score (nSPS) is 16.2. The van der Waals surface area contributed by atoms with E-state index in [0.717, 1.165) is 0 Å². The van der Waals surface area contributed by atoms with E-state index in [0.29, 0.717) is 20.6 Å². The monoisotopic (exact) mass is 259 g/mol. The molecule has 0 saturated carbocycles. The minimum Gasteiger partial charge on any atom is -0.0259 e. The van der Waals surface area contributed by atoms with Gasteiger partial charge in [0.15, 0.2) is 0 Å². The summed E-state index contributed by atoms with van der Waals surface area (Å²) in [4.78, 5) is 0. The molecular weight excluding hydrogens is 223 g/mol. The van der Waals surface area contributed by atoms with Gasteiger partial charge in [0.1, 0.15) is 0 Å². The van der Waals surface area contributed by atoms with Gasteiger partial charge in [0.05, 0.1) is 20.6 Å². The Hall–Kier alpha value is 0.430. The maximum atomic E-state index is 2.46. The lowest BCUT2D eigenvalue weighted by molar-refractivity contribution is 0.561. The van der Waals surface area contributed by atoms with Crippen LogP contribution in [-0.2, 0) is 0 Å². The molecule has 0 radical (unpaired) electrons. The Morgan fingerprint density at radius 3 is 0.471 bits per heavy atom. The molecule has 0 N–H and O–H groups in total. The Labute approximate surface area is 111 Å². The summed E-state index contributed by atoms with van der Waals surface area (Å²) in [5.41, 5.74) is 0. The highest BCUT2D eigenvalue weighted by atomic mass is 31.2. The maximum Gasteiger partial charge on any atom is 0.0730 e. The third-order valence-electron chi connectivity index (χ3n) is 4.02. The Balaban J connectivity index is 6.37. The summed E-state index contributed by atoms with van der Waals surface area (Å²) in [6.07, 6.45) is 0. The SMILES string of the molecule is CC(C)(C)[P+](C(C)(C)C)(C(C)(C)C)C(C)(C)C. The summed E-state index contributed by atoms with van der Waals surface area (Å²) in [7, 11) is -1.23. The van der Waals surface area contributed by atoms with Gasteiger partial charge in [0.2, 0.25) is 0 Å². The summed E-state index contributed by atoms with van der Waals surface area (Å²) < 4.78 is 0. The fourth-order valence-corrected chi connectivity index (χ4v) is 18.1. The highest BCUT2D eigenvalue weighted by Crippen LogP contribution is 2.88. The van der Waals surface area contributed by atoms with Gasteiger partial charge in [-0.3, -0.25) is 0 Å². The van der Waals surface area contributed by atoms with Crippen molar-refractivity contribution in [2.45, 2.75) is 104 Å². The molecule has 0 saturated heterocycles. The van der Waals surface area contributed by atoms with Crippen LogP contribution < -0.4 is 0 Å². The first kappa shape index (κ1) is 17.4. The molecule has 1 heteroatoms. The van der Waals surface area contributed by atoms with Crippen LogP contribution in [0.1, 0.15) is 83.1 Å². The highest BCUT2D eigenvalue weighted by molar-refractivity contribution is 7.81. The lowest BCUT2D eigenvalue weighted by atomic mass is 10.2. The molecule has 0 aromatic rings. The van der Waals surface area contributed by atoms with Crippen molar-refractivity contribution < 1.29 is 0 Å². The van der Waals surface area contributed by atoms with E-state index in [1.165, 1.54) is 0 Å². The first-order chi connectivity index (χ1) is 7.00. The second-order valence-corrected chi connectivity index (χ2v) is 16.1. The topological polar surface area (TPSA) is 0 Å². The van der Waals surface area contributed by atoms with Gasteiger partial charge in [0, 0.05) is 7.26 Å². The second kappa shape index (κ2) is 4.22. The molecule has 0 aliphatic rings. The molecule has 17 heavy (non-hydrogen) atoms. The largest absolute Gasteiger partial charge is 0.0730 e. The molecule has 0 aromatic carbocycles. The lowest BCUT2D eigenvalue weighted by Crippen LogP contribution is -2.51. The highest BCUT2D eigenvalue weighted by Gasteiger charge is 2.70. The Morgan fingerprint density at radius 1 is 0.353 bits per heavy atom. The molecule has 0 rings (SSSR count). The first-order valence-corrected chi connectivity index (χ1v) is 8.68. The van der Waals surface area contributed by atoms with Crippen molar-refractivity contribution in [2.75, 3.05) is 0 Å². The van der Waals surface area contributed by atoms with Crippen LogP contribution in [0.3, 0.4) is 0 Å². The van der Waals surface area contributed by atoms with Crippen molar-refractivity contribution in [3.63, 3.8) is 0 Å². The molecule has 0 amide bonds. The zero-order valence-electron chi connectivity index (χ0n) is 14.4. The molecule has 0 unspecified atom stereocenters. The molecule has 0 atom stereocenters. The van der Waals surface area contributed by atoms with Crippen molar-refractivity contribution >= 4 is 7.26 Å². The van der Waals surface area contributed by atoms with Crippen LogP contribution in [0, 0.1) is 0 Å². The molecule has 0 aromatic heterocycles. The molecule has 0 fully saturated rings. The van der Waals surface area contributed by atoms with E-state index in [9.17, 15) is 0 Å². The molecule has 0 nitrogen and oxygen atoms in total. The molecule has 0 aliphatic carbocycles. The Kier molecular flexibility index (Phi) is 4.33. The Bertz CT molecular complexity index is 198. The first-order valence-electron chi connectivity index (χ1n) is 6.89. The van der Waals surface area contributed by atoms with Gasteiger partial charge in [0.25, 0.3) is 0 Å². The van der Waals surface area contributed by atoms with E-state index >= 15 is 0 Å². The summed E-state index contributed by atoms with van der Waals surface area (Å²) in [5.74, 6) is 0. The van der Waals surface area contributed by atoms with Crippen molar-refractivity contribution in [1.82, 2.24) is 0 Å². The average molecular weight is 259 g/mol. The van der Waals surface area contributed by atoms with Gasteiger partial charge < -0.3 is 0 Å². The predicted molar refractivity (Wildman–Crippen MR) is 85.9 cm³/mol. The van der Waals surface area contributed by atoms with E-state index in [2.05, 4.69) is 83.1 Å². The fourth-order valence-electron chi connectivity index (χ4n) is 6.04. The van der Waals surface area contributed by atoms with Crippen LogP contribution in [0.25, 0.3) is 0 Å². The van der Waals surface area contributed by atoms with Gasteiger partial charge in [-0.25, -0.2) is 0 Å². The average Bonchev–Trinajstić information content (AvgIpc) is 1.67. The van der Waals surface area contributed by atoms with E-state index in [4.69, 9.17) is 0 Å². The summed E-state index contributed by atoms with van der Waals surface area (Å²) in [5, 5.41) is 1.51. The minimum absolute atomic E-state index is 0.377. The van der Waals surface area contributed by atoms with Crippen LogP contribution in [0.2, 0.25) is 0 Å². The van der Waals surface area contributed by atoms with Crippen molar-refractivity contribution in [3.05, 3.63) is 0 Å². The van der Waals surface area contributed by atoms with E-state index < -0.39 is 7.26 Å². The van der Waals surface area contributed by atoms with Gasteiger partial charge >= 0.3 is 0 Å². The summed E-state index contributed by atoms with van der Waals surface area (Å²) in [6.45, 7) is 29.5. The number of rotatable bonds is 0. The second-order valence-electron chi connectivity index (χ2n) is 9.35. The summed E-state index contributed by atoms with van der Waals surface area (Å²) in [6, 6.07) is 0. The van der Waals surface area contributed by atoms with Crippen LogP contribution in [-0.4, -0.2) is 20.6 Å². The van der Waals surface area contributed by atoms with Gasteiger partial charge in [-0.15, -0.1) is 0 Å². The van der Waals surface area contributed by atoms with Gasteiger partial charge in [-0.05, 0) is 83.1 Å². The minimum atomic E-state index is -1.23. The maximum absolute atomic E-state index is 2.46. The summed E-state index contributed by atoms with van der Waals surface area (Å²) >= 11 is 0. The molecular formula is C16H36P+. The van der Waals surface area contributed by atoms with Crippen LogP contribution >= 0.6 is 7.26 Å². The standard InChI is InChI=1S/C16H36P/c1-13(2,3)17(14(4,5)6,15(7,8)9)16(10,11)12/h1-12H3/q+1. The molecule has 0 aliphatic heterocycles. The van der Waals surface area contributed by atoms with E-state index in [1.54, 1.807) is 0 Å². The van der Waals surface area contributed by atoms with E-state index in [-0.39, 0.29) is 0 Å². The molecule has 0 heterocycles. The van der Waals surface area contributed by atoms with Gasteiger partial charge in [-0.1, -0.05) is 0 Å². The zero-order chi connectivity index (χ0) is 14.5. The third kappa shape index (κ3) is 2.58. The van der Waals surface area contributed by atoms with Crippen molar-refractivity contribution in [3.8, 4) is 0 Å². The van der Waals surface area contributed by atoms with Crippen LogP contribution in [0.15, 0.2) is 0 Å². The predicted octanol–water partition coefficient (Wildman–Crippen LogP) is 6.20. The molecule has 0 bridgehead atoms.